The average molecular weight is 288 g/mol. The first-order valence-electron chi connectivity index (χ1n) is 7.16. The van der Waals surface area contributed by atoms with Crippen LogP contribution in [0.4, 0.5) is 0 Å². The molecular formula is C16H20N2O3. The number of nitrogens with two attached hydrogens (primary N) is 1. The Labute approximate surface area is 124 Å². The highest BCUT2D eigenvalue weighted by Gasteiger charge is 2.41. The smallest absolute Gasteiger partial charge is 0.146 e. The fraction of sp³-hybridized carbons (Fsp3) is 0.438. The van der Waals surface area contributed by atoms with Crippen molar-refractivity contribution in [2.75, 3.05) is 20.3 Å². The van der Waals surface area contributed by atoms with E-state index in [1.54, 1.807) is 13.3 Å². The molecule has 0 spiro atoms. The standard InChI is InChI=1S/C16H20N2O3/c1-19-8-9-20-16-12(17)10-14(16)21-13-6-2-4-11-5-3-7-18-15(11)13/h2-7,12,14,16H,8-10,17H2,1H3. The Balaban J connectivity index is 1.70. The zero-order valence-corrected chi connectivity index (χ0v) is 12.1. The lowest BCUT2D eigenvalue weighted by atomic mass is 9.86. The second kappa shape index (κ2) is 6.39. The van der Waals surface area contributed by atoms with Crippen molar-refractivity contribution < 1.29 is 14.2 Å². The number of pyridine rings is 1. The summed E-state index contributed by atoms with van der Waals surface area (Å²) >= 11 is 0. The van der Waals surface area contributed by atoms with Crippen LogP contribution in [-0.2, 0) is 9.47 Å². The van der Waals surface area contributed by atoms with Crippen molar-refractivity contribution in [1.82, 2.24) is 4.98 Å². The molecule has 5 heteroatoms. The monoisotopic (exact) mass is 288 g/mol. The molecule has 21 heavy (non-hydrogen) atoms. The van der Waals surface area contributed by atoms with Crippen molar-refractivity contribution in [3.63, 3.8) is 0 Å². The van der Waals surface area contributed by atoms with Crippen LogP contribution < -0.4 is 10.5 Å². The quantitative estimate of drug-likeness (QED) is 0.820. The first-order valence-corrected chi connectivity index (χ1v) is 7.16. The van der Waals surface area contributed by atoms with Crippen LogP contribution in [0.25, 0.3) is 10.9 Å². The van der Waals surface area contributed by atoms with Gasteiger partial charge in [-0.25, -0.2) is 0 Å². The number of benzene rings is 1. The van der Waals surface area contributed by atoms with Gasteiger partial charge in [0.1, 0.15) is 23.5 Å². The molecule has 0 bridgehead atoms. The molecular weight excluding hydrogens is 268 g/mol. The van der Waals surface area contributed by atoms with E-state index in [1.165, 1.54) is 0 Å². The van der Waals surface area contributed by atoms with Crippen LogP contribution in [-0.4, -0.2) is 43.6 Å². The van der Waals surface area contributed by atoms with Crippen LogP contribution in [0.2, 0.25) is 0 Å². The van der Waals surface area contributed by atoms with Gasteiger partial charge in [0.2, 0.25) is 0 Å². The minimum Gasteiger partial charge on any atom is -0.485 e. The second-order valence-corrected chi connectivity index (χ2v) is 5.22. The Morgan fingerprint density at radius 2 is 2.10 bits per heavy atom. The van der Waals surface area contributed by atoms with Gasteiger partial charge in [0.25, 0.3) is 0 Å². The average Bonchev–Trinajstić information content (AvgIpc) is 2.51. The van der Waals surface area contributed by atoms with Gasteiger partial charge in [0, 0.05) is 31.2 Å². The largest absolute Gasteiger partial charge is 0.485 e. The summed E-state index contributed by atoms with van der Waals surface area (Å²) in [4.78, 5) is 4.40. The van der Waals surface area contributed by atoms with E-state index < -0.39 is 0 Å². The molecule has 1 aliphatic carbocycles. The normalized spacial score (nSPS) is 24.8. The molecule has 1 aliphatic rings. The number of para-hydroxylation sites is 1. The molecule has 112 valence electrons. The highest BCUT2D eigenvalue weighted by molar-refractivity contribution is 5.84. The molecule has 0 radical (unpaired) electrons. The van der Waals surface area contributed by atoms with Gasteiger partial charge >= 0.3 is 0 Å². The van der Waals surface area contributed by atoms with Crippen molar-refractivity contribution in [2.45, 2.75) is 24.7 Å². The van der Waals surface area contributed by atoms with E-state index in [2.05, 4.69) is 4.98 Å². The molecule has 0 aliphatic heterocycles. The van der Waals surface area contributed by atoms with Crippen LogP contribution in [0.1, 0.15) is 6.42 Å². The van der Waals surface area contributed by atoms with Crippen molar-refractivity contribution in [2.24, 2.45) is 5.73 Å². The Kier molecular flexibility index (Phi) is 4.34. The third-order valence-corrected chi connectivity index (χ3v) is 3.76. The highest BCUT2D eigenvalue weighted by atomic mass is 16.6. The molecule has 0 amide bonds. The Morgan fingerprint density at radius 3 is 2.90 bits per heavy atom. The summed E-state index contributed by atoms with van der Waals surface area (Å²) in [5.74, 6) is 0.783. The maximum absolute atomic E-state index is 6.07. The van der Waals surface area contributed by atoms with Gasteiger partial charge in [-0.2, -0.15) is 0 Å². The minimum absolute atomic E-state index is 0.0230. The van der Waals surface area contributed by atoms with E-state index in [1.807, 2.05) is 30.3 Å². The van der Waals surface area contributed by atoms with E-state index >= 15 is 0 Å². The fourth-order valence-corrected chi connectivity index (χ4v) is 2.56. The number of methoxy groups -OCH3 is 1. The number of ether oxygens (including phenoxy) is 3. The number of hydrogen-bond acceptors (Lipinski definition) is 5. The highest BCUT2D eigenvalue weighted by Crippen LogP contribution is 2.31. The van der Waals surface area contributed by atoms with Crippen LogP contribution in [0.3, 0.4) is 0 Å². The molecule has 1 saturated carbocycles. The number of aromatic nitrogens is 1. The molecule has 0 saturated heterocycles. The van der Waals surface area contributed by atoms with E-state index in [-0.39, 0.29) is 18.2 Å². The van der Waals surface area contributed by atoms with Gasteiger partial charge in [0.15, 0.2) is 0 Å². The molecule has 5 nitrogen and oxygen atoms in total. The van der Waals surface area contributed by atoms with Crippen LogP contribution in [0.15, 0.2) is 36.5 Å². The van der Waals surface area contributed by atoms with Gasteiger partial charge in [-0.3, -0.25) is 4.98 Å². The lowest BCUT2D eigenvalue weighted by Gasteiger charge is -2.41. The van der Waals surface area contributed by atoms with Crippen LogP contribution >= 0.6 is 0 Å². The molecule has 1 aromatic carbocycles. The Morgan fingerprint density at radius 1 is 1.24 bits per heavy atom. The van der Waals surface area contributed by atoms with E-state index in [4.69, 9.17) is 19.9 Å². The molecule has 3 unspecified atom stereocenters. The van der Waals surface area contributed by atoms with Crippen molar-refractivity contribution in [3.8, 4) is 5.75 Å². The minimum atomic E-state index is -0.0841. The number of nitrogens with zero attached hydrogens (tertiary/aromatic N) is 1. The van der Waals surface area contributed by atoms with E-state index in [0.717, 1.165) is 23.1 Å². The zero-order chi connectivity index (χ0) is 14.7. The van der Waals surface area contributed by atoms with Crippen LogP contribution in [0, 0.1) is 0 Å². The van der Waals surface area contributed by atoms with Crippen molar-refractivity contribution >= 4 is 10.9 Å². The third kappa shape index (κ3) is 3.00. The van der Waals surface area contributed by atoms with Crippen molar-refractivity contribution in [3.05, 3.63) is 36.5 Å². The van der Waals surface area contributed by atoms with Crippen LogP contribution in [0.5, 0.6) is 5.75 Å². The summed E-state index contributed by atoms with van der Waals surface area (Å²) in [6, 6.07) is 9.89. The van der Waals surface area contributed by atoms with Gasteiger partial charge in [-0.15, -0.1) is 0 Å². The van der Waals surface area contributed by atoms with Gasteiger partial charge < -0.3 is 19.9 Å². The Hall–Kier alpha value is -1.69. The summed E-state index contributed by atoms with van der Waals surface area (Å²) in [6.45, 7) is 1.09. The summed E-state index contributed by atoms with van der Waals surface area (Å²) in [6.07, 6.45) is 2.46. The molecule has 1 fully saturated rings. The summed E-state index contributed by atoms with van der Waals surface area (Å²) in [5.41, 5.74) is 6.87. The number of hydrogen-bond donors (Lipinski definition) is 1. The molecule has 2 N–H and O–H groups in total. The molecule has 3 atom stereocenters. The van der Waals surface area contributed by atoms with Gasteiger partial charge in [-0.05, 0) is 12.1 Å². The maximum Gasteiger partial charge on any atom is 0.146 e. The van der Waals surface area contributed by atoms with E-state index in [9.17, 15) is 0 Å². The topological polar surface area (TPSA) is 66.6 Å². The SMILES string of the molecule is COCCOC1C(N)CC1Oc1cccc2cccnc12. The van der Waals surface area contributed by atoms with Gasteiger partial charge in [0.05, 0.1) is 13.2 Å². The summed E-state index contributed by atoms with van der Waals surface area (Å²) < 4.78 is 16.8. The lowest BCUT2D eigenvalue weighted by Crippen LogP contribution is -2.59. The Bertz CT molecular complexity index is 600. The summed E-state index contributed by atoms with van der Waals surface area (Å²) in [7, 11) is 1.65. The predicted molar refractivity (Wildman–Crippen MR) is 80.4 cm³/mol. The zero-order valence-electron chi connectivity index (χ0n) is 12.1. The van der Waals surface area contributed by atoms with Gasteiger partial charge in [-0.1, -0.05) is 18.2 Å². The second-order valence-electron chi connectivity index (χ2n) is 5.22. The maximum atomic E-state index is 6.07. The van der Waals surface area contributed by atoms with E-state index in [0.29, 0.717) is 13.2 Å². The summed E-state index contributed by atoms with van der Waals surface area (Å²) in [5, 5.41) is 1.07. The number of rotatable bonds is 6. The molecule has 1 heterocycles. The molecule has 1 aromatic heterocycles. The predicted octanol–water partition coefficient (Wildman–Crippen LogP) is 1.74. The first kappa shape index (κ1) is 14.3. The van der Waals surface area contributed by atoms with Crippen molar-refractivity contribution in [1.29, 1.82) is 0 Å². The lowest BCUT2D eigenvalue weighted by molar-refractivity contribution is -0.106. The fourth-order valence-electron chi connectivity index (χ4n) is 2.56. The molecule has 3 rings (SSSR count). The number of fused-ring (bicyclic) bond motifs is 1. The third-order valence-electron chi connectivity index (χ3n) is 3.76. The first-order chi connectivity index (χ1) is 10.3. The molecule has 2 aromatic rings.